The van der Waals surface area contributed by atoms with Gasteiger partial charge in [0, 0.05) is 19.2 Å². The molecule has 1 aromatic rings. The van der Waals surface area contributed by atoms with Crippen molar-refractivity contribution in [1.29, 1.82) is 0 Å². The molecule has 0 saturated carbocycles. The number of ether oxygens (including phenoxy) is 1. The number of carbonyl (C=O) groups is 2. The summed E-state index contributed by atoms with van der Waals surface area (Å²) >= 11 is 5.63. The predicted molar refractivity (Wildman–Crippen MR) is 72.1 cm³/mol. The number of hydrogen-bond acceptors (Lipinski definition) is 4. The third-order valence-corrected chi connectivity index (χ3v) is 2.78. The molecular formula is C13H17ClN2O3. The van der Waals surface area contributed by atoms with Gasteiger partial charge >= 0.3 is 5.97 Å². The molecular weight excluding hydrogens is 268 g/mol. The number of pyridine rings is 1. The first-order valence-electron chi connectivity index (χ1n) is 6.10. The Morgan fingerprint density at radius 3 is 2.74 bits per heavy atom. The zero-order chi connectivity index (χ0) is 14.1. The Kier molecular flexibility index (Phi) is 6.89. The van der Waals surface area contributed by atoms with Gasteiger partial charge in [-0.1, -0.05) is 18.0 Å². The first-order valence-corrected chi connectivity index (χ1v) is 6.48. The number of nitrogens with zero attached hydrogens (tertiary/aromatic N) is 1. The van der Waals surface area contributed by atoms with E-state index in [4.69, 9.17) is 11.6 Å². The lowest BCUT2D eigenvalue weighted by molar-refractivity contribution is -0.140. The lowest BCUT2D eigenvalue weighted by Gasteiger charge is -2.05. The minimum Gasteiger partial charge on any atom is -0.469 e. The maximum absolute atomic E-state index is 11.7. The van der Waals surface area contributed by atoms with Gasteiger partial charge in [0.15, 0.2) is 0 Å². The average Bonchev–Trinajstić information content (AvgIpc) is 2.42. The summed E-state index contributed by atoms with van der Waals surface area (Å²) in [5, 5.41) is 3.14. The number of amides is 1. The van der Waals surface area contributed by atoms with Crippen molar-refractivity contribution in [2.45, 2.75) is 25.7 Å². The molecule has 1 heterocycles. The van der Waals surface area contributed by atoms with Crippen LogP contribution >= 0.6 is 11.6 Å². The molecule has 0 aliphatic heterocycles. The van der Waals surface area contributed by atoms with E-state index in [0.717, 1.165) is 19.3 Å². The van der Waals surface area contributed by atoms with Crippen molar-refractivity contribution in [3.63, 3.8) is 0 Å². The van der Waals surface area contributed by atoms with Crippen LogP contribution in [0, 0.1) is 0 Å². The Bertz CT molecular complexity index is 420. The number of unbranched alkanes of at least 4 members (excludes halogenated alkanes) is 2. The lowest BCUT2D eigenvalue weighted by Crippen LogP contribution is -2.24. The summed E-state index contributed by atoms with van der Waals surface area (Å²) in [6, 6.07) is 3.20. The summed E-state index contributed by atoms with van der Waals surface area (Å²) in [5.41, 5.74) is 0.485. The summed E-state index contributed by atoms with van der Waals surface area (Å²) in [5.74, 6) is -0.367. The minimum absolute atomic E-state index is 0.169. The summed E-state index contributed by atoms with van der Waals surface area (Å²) in [4.78, 5) is 26.4. The van der Waals surface area contributed by atoms with Gasteiger partial charge in [-0.05, 0) is 25.0 Å². The van der Waals surface area contributed by atoms with Crippen LogP contribution in [0.1, 0.15) is 36.0 Å². The second-order valence-corrected chi connectivity index (χ2v) is 4.40. The van der Waals surface area contributed by atoms with Crippen molar-refractivity contribution in [3.05, 3.63) is 29.0 Å². The van der Waals surface area contributed by atoms with Crippen LogP contribution in [0.4, 0.5) is 0 Å². The Morgan fingerprint density at radius 2 is 2.11 bits per heavy atom. The molecule has 0 bridgehead atoms. The van der Waals surface area contributed by atoms with Gasteiger partial charge in [-0.15, -0.1) is 0 Å². The van der Waals surface area contributed by atoms with E-state index < -0.39 is 0 Å². The van der Waals surface area contributed by atoms with Crippen molar-refractivity contribution >= 4 is 23.5 Å². The van der Waals surface area contributed by atoms with Gasteiger partial charge in [0.2, 0.25) is 0 Å². The van der Waals surface area contributed by atoms with Crippen LogP contribution < -0.4 is 5.32 Å². The van der Waals surface area contributed by atoms with E-state index in [0.29, 0.717) is 23.7 Å². The van der Waals surface area contributed by atoms with Crippen molar-refractivity contribution in [2.24, 2.45) is 0 Å². The van der Waals surface area contributed by atoms with E-state index in [1.54, 1.807) is 12.1 Å². The van der Waals surface area contributed by atoms with Gasteiger partial charge in [0.05, 0.1) is 12.7 Å². The monoisotopic (exact) mass is 284 g/mol. The molecule has 0 aromatic carbocycles. The highest BCUT2D eigenvalue weighted by Gasteiger charge is 2.05. The van der Waals surface area contributed by atoms with Gasteiger partial charge in [0.25, 0.3) is 5.91 Å². The topological polar surface area (TPSA) is 68.3 Å². The van der Waals surface area contributed by atoms with Crippen LogP contribution in [0.3, 0.4) is 0 Å². The number of esters is 1. The van der Waals surface area contributed by atoms with E-state index >= 15 is 0 Å². The van der Waals surface area contributed by atoms with Crippen LogP contribution in [-0.2, 0) is 9.53 Å². The quantitative estimate of drug-likeness (QED) is 0.473. The molecule has 0 aliphatic carbocycles. The van der Waals surface area contributed by atoms with E-state index in [-0.39, 0.29) is 11.9 Å². The maximum atomic E-state index is 11.7. The zero-order valence-corrected chi connectivity index (χ0v) is 11.6. The molecule has 0 saturated heterocycles. The van der Waals surface area contributed by atoms with Crippen molar-refractivity contribution < 1.29 is 14.3 Å². The Hall–Kier alpha value is -1.62. The van der Waals surface area contributed by atoms with Crippen LogP contribution in [0.2, 0.25) is 5.15 Å². The normalized spacial score (nSPS) is 10.0. The predicted octanol–water partition coefficient (Wildman–Crippen LogP) is 2.20. The summed E-state index contributed by atoms with van der Waals surface area (Å²) in [6.45, 7) is 0.572. The number of carbonyl (C=O) groups excluding carboxylic acids is 2. The molecule has 0 fully saturated rings. The van der Waals surface area contributed by atoms with E-state index in [1.807, 2.05) is 0 Å². The van der Waals surface area contributed by atoms with Gasteiger partial charge in [0.1, 0.15) is 5.15 Å². The van der Waals surface area contributed by atoms with Gasteiger partial charge < -0.3 is 10.1 Å². The zero-order valence-electron chi connectivity index (χ0n) is 10.8. The molecule has 104 valence electrons. The highest BCUT2D eigenvalue weighted by molar-refractivity contribution is 6.29. The Balaban J connectivity index is 2.14. The van der Waals surface area contributed by atoms with E-state index in [9.17, 15) is 9.59 Å². The first-order chi connectivity index (χ1) is 9.13. The van der Waals surface area contributed by atoms with E-state index in [2.05, 4.69) is 15.0 Å². The molecule has 0 atom stereocenters. The number of hydrogen-bond donors (Lipinski definition) is 1. The van der Waals surface area contributed by atoms with Crippen LogP contribution in [0.5, 0.6) is 0 Å². The summed E-state index contributed by atoms with van der Waals surface area (Å²) in [6.07, 6.45) is 4.32. The smallest absolute Gasteiger partial charge is 0.305 e. The number of nitrogens with one attached hydrogen (secondary N) is 1. The van der Waals surface area contributed by atoms with E-state index in [1.165, 1.54) is 13.3 Å². The molecule has 1 aromatic heterocycles. The van der Waals surface area contributed by atoms with Gasteiger partial charge in [-0.25, -0.2) is 4.98 Å². The largest absolute Gasteiger partial charge is 0.469 e. The Labute approximate surface area is 117 Å². The van der Waals surface area contributed by atoms with Crippen molar-refractivity contribution in [3.8, 4) is 0 Å². The molecule has 1 rings (SSSR count). The molecule has 0 radical (unpaired) electrons. The van der Waals surface area contributed by atoms with Crippen LogP contribution in [0.25, 0.3) is 0 Å². The number of halogens is 1. The minimum atomic E-state index is -0.198. The molecule has 1 N–H and O–H groups in total. The van der Waals surface area contributed by atoms with Crippen molar-refractivity contribution in [1.82, 2.24) is 10.3 Å². The second-order valence-electron chi connectivity index (χ2n) is 4.01. The average molecular weight is 285 g/mol. The SMILES string of the molecule is COC(=O)CCCCCNC(=O)c1ccc(Cl)nc1. The Morgan fingerprint density at radius 1 is 1.32 bits per heavy atom. The summed E-state index contributed by atoms with van der Waals surface area (Å²) in [7, 11) is 1.38. The molecule has 0 unspecified atom stereocenters. The highest BCUT2D eigenvalue weighted by Crippen LogP contribution is 2.05. The fraction of sp³-hybridized carbons (Fsp3) is 0.462. The fourth-order valence-corrected chi connectivity index (χ4v) is 1.60. The number of aromatic nitrogens is 1. The maximum Gasteiger partial charge on any atom is 0.305 e. The molecule has 0 spiro atoms. The van der Waals surface area contributed by atoms with Crippen LogP contribution in [-0.4, -0.2) is 30.5 Å². The third kappa shape index (κ3) is 6.20. The van der Waals surface area contributed by atoms with Gasteiger partial charge in [-0.3, -0.25) is 9.59 Å². The van der Waals surface area contributed by atoms with Gasteiger partial charge in [-0.2, -0.15) is 0 Å². The fourth-order valence-electron chi connectivity index (χ4n) is 1.49. The molecule has 0 aliphatic rings. The first kappa shape index (κ1) is 15.4. The van der Waals surface area contributed by atoms with Crippen LogP contribution in [0.15, 0.2) is 18.3 Å². The van der Waals surface area contributed by atoms with Crippen molar-refractivity contribution in [2.75, 3.05) is 13.7 Å². The third-order valence-electron chi connectivity index (χ3n) is 2.56. The molecule has 19 heavy (non-hydrogen) atoms. The number of methoxy groups -OCH3 is 1. The molecule has 1 amide bonds. The highest BCUT2D eigenvalue weighted by atomic mass is 35.5. The lowest BCUT2D eigenvalue weighted by atomic mass is 10.2. The molecule has 6 heteroatoms. The second kappa shape index (κ2) is 8.48. The summed E-state index contributed by atoms with van der Waals surface area (Å²) < 4.78 is 4.54. The molecule has 5 nitrogen and oxygen atoms in total. The number of rotatable bonds is 7. The standard InChI is InChI=1S/C13H17ClN2O3/c1-19-12(17)5-3-2-4-8-15-13(18)10-6-7-11(14)16-9-10/h6-7,9H,2-5,8H2,1H3,(H,15,18).